The zero-order chi connectivity index (χ0) is 20.3. The molecule has 1 amide bonds. The van der Waals surface area contributed by atoms with E-state index in [1.54, 1.807) is 0 Å². The molecule has 3 rings (SSSR count). The molecule has 0 bridgehead atoms. The van der Waals surface area contributed by atoms with Crippen molar-refractivity contribution in [3.63, 3.8) is 0 Å². The van der Waals surface area contributed by atoms with E-state index in [9.17, 15) is 23.1 Å². The molecule has 1 aliphatic carbocycles. The Bertz CT molecular complexity index is 709. The fraction of sp³-hybridized carbons (Fsp3) is 0.550. The first-order valence-corrected chi connectivity index (χ1v) is 9.54. The Kier molecular flexibility index (Phi) is 6.30. The van der Waals surface area contributed by atoms with Gasteiger partial charge in [0.25, 0.3) is 0 Å². The lowest BCUT2D eigenvalue weighted by Gasteiger charge is -2.46. The van der Waals surface area contributed by atoms with Crippen LogP contribution in [0.5, 0.6) is 0 Å². The standard InChI is InChI=1S/C20H26F3N3O2/c1-13(14-3-2-4-15(9-14)20(21,22)23)24-10-19(28)25-16-11-26(12-16)17-5-7-18(27)8-6-17/h2-4,9,16-18,24,27H,1,5-8,10-12H2,(H,25,28)/t17-,18-. The Morgan fingerprint density at radius 3 is 2.54 bits per heavy atom. The van der Waals surface area contributed by atoms with Gasteiger partial charge in [0, 0.05) is 24.8 Å². The monoisotopic (exact) mass is 397 g/mol. The maximum atomic E-state index is 12.8. The van der Waals surface area contributed by atoms with Gasteiger partial charge in [-0.1, -0.05) is 18.7 Å². The Morgan fingerprint density at radius 1 is 1.21 bits per heavy atom. The minimum atomic E-state index is -4.42. The number of alkyl halides is 3. The first kappa shape index (κ1) is 20.7. The molecule has 1 saturated carbocycles. The summed E-state index contributed by atoms with van der Waals surface area (Å²) in [6.07, 6.45) is -0.954. The van der Waals surface area contributed by atoms with E-state index in [4.69, 9.17) is 0 Å². The van der Waals surface area contributed by atoms with Crippen molar-refractivity contribution >= 4 is 11.6 Å². The highest BCUT2D eigenvalue weighted by Gasteiger charge is 2.35. The number of amides is 1. The summed E-state index contributed by atoms with van der Waals surface area (Å²) >= 11 is 0. The van der Waals surface area contributed by atoms with Gasteiger partial charge in [-0.25, -0.2) is 0 Å². The Labute approximate surface area is 162 Å². The summed E-state index contributed by atoms with van der Waals surface area (Å²) in [4.78, 5) is 14.4. The van der Waals surface area contributed by atoms with E-state index in [0.717, 1.165) is 50.9 Å². The molecule has 1 aromatic carbocycles. The summed E-state index contributed by atoms with van der Waals surface area (Å²) in [7, 11) is 0. The van der Waals surface area contributed by atoms with Gasteiger partial charge in [-0.3, -0.25) is 9.69 Å². The van der Waals surface area contributed by atoms with Crippen LogP contribution in [0.1, 0.15) is 36.8 Å². The molecule has 28 heavy (non-hydrogen) atoms. The molecule has 5 nitrogen and oxygen atoms in total. The van der Waals surface area contributed by atoms with E-state index in [-0.39, 0.29) is 30.3 Å². The number of likely N-dealkylation sites (tertiary alicyclic amines) is 1. The number of hydrogen-bond donors (Lipinski definition) is 3. The maximum absolute atomic E-state index is 12.8. The average molecular weight is 397 g/mol. The molecular weight excluding hydrogens is 371 g/mol. The van der Waals surface area contributed by atoms with Gasteiger partial charge in [-0.05, 0) is 43.4 Å². The highest BCUT2D eigenvalue weighted by Crippen LogP contribution is 2.30. The third-order valence-corrected chi connectivity index (χ3v) is 5.46. The third kappa shape index (κ3) is 5.26. The van der Waals surface area contributed by atoms with Crippen LogP contribution in [0.25, 0.3) is 5.70 Å². The van der Waals surface area contributed by atoms with Crippen molar-refractivity contribution in [2.24, 2.45) is 0 Å². The van der Waals surface area contributed by atoms with Crippen molar-refractivity contribution in [3.05, 3.63) is 42.0 Å². The molecule has 0 spiro atoms. The van der Waals surface area contributed by atoms with E-state index >= 15 is 0 Å². The van der Waals surface area contributed by atoms with E-state index in [1.165, 1.54) is 12.1 Å². The summed E-state index contributed by atoms with van der Waals surface area (Å²) in [6, 6.07) is 5.42. The SMILES string of the molecule is C=C(NCC(=O)NC1CN([C@H]2CC[C@H](O)CC2)C1)c1cccc(C(F)(F)F)c1. The summed E-state index contributed by atoms with van der Waals surface area (Å²) in [5.41, 5.74) is -0.170. The number of aliphatic hydroxyl groups excluding tert-OH is 1. The lowest BCUT2D eigenvalue weighted by molar-refractivity contribution is -0.137. The van der Waals surface area contributed by atoms with E-state index in [1.807, 2.05) is 0 Å². The maximum Gasteiger partial charge on any atom is 0.416 e. The predicted molar refractivity (Wildman–Crippen MR) is 100 cm³/mol. The molecule has 3 N–H and O–H groups in total. The number of hydrogen-bond acceptors (Lipinski definition) is 4. The van der Waals surface area contributed by atoms with Crippen LogP contribution in [-0.2, 0) is 11.0 Å². The molecule has 2 fully saturated rings. The summed E-state index contributed by atoms with van der Waals surface area (Å²) in [5, 5.41) is 15.3. The number of benzene rings is 1. The van der Waals surface area contributed by atoms with Crippen LogP contribution < -0.4 is 10.6 Å². The van der Waals surface area contributed by atoms with Crippen molar-refractivity contribution < 1.29 is 23.1 Å². The molecule has 0 aromatic heterocycles. The molecule has 2 aliphatic rings. The minimum Gasteiger partial charge on any atom is -0.393 e. The van der Waals surface area contributed by atoms with E-state index in [2.05, 4.69) is 22.1 Å². The van der Waals surface area contributed by atoms with Crippen LogP contribution in [0.2, 0.25) is 0 Å². The Morgan fingerprint density at radius 2 is 1.89 bits per heavy atom. The number of nitrogens with one attached hydrogen (secondary N) is 2. The third-order valence-electron chi connectivity index (χ3n) is 5.46. The van der Waals surface area contributed by atoms with Gasteiger partial charge in [0.15, 0.2) is 0 Å². The van der Waals surface area contributed by atoms with Crippen LogP contribution in [0.4, 0.5) is 13.2 Å². The van der Waals surface area contributed by atoms with Gasteiger partial charge < -0.3 is 15.7 Å². The summed E-state index contributed by atoms with van der Waals surface area (Å²) in [5.74, 6) is -0.211. The normalized spacial score (nSPS) is 23.7. The Hall–Kier alpha value is -2.06. The lowest BCUT2D eigenvalue weighted by atomic mass is 9.89. The lowest BCUT2D eigenvalue weighted by Crippen LogP contribution is -2.63. The van der Waals surface area contributed by atoms with Crippen molar-refractivity contribution in [1.29, 1.82) is 0 Å². The zero-order valence-corrected chi connectivity index (χ0v) is 15.6. The summed E-state index contributed by atoms with van der Waals surface area (Å²) in [6.45, 7) is 5.27. The first-order valence-electron chi connectivity index (χ1n) is 9.54. The predicted octanol–water partition coefficient (Wildman–Crippen LogP) is 2.37. The van der Waals surface area contributed by atoms with Crippen molar-refractivity contribution in [2.75, 3.05) is 19.6 Å². The Balaban J connectivity index is 1.39. The minimum absolute atomic E-state index is 0.0405. The summed E-state index contributed by atoms with van der Waals surface area (Å²) < 4.78 is 38.4. The molecule has 0 atom stereocenters. The molecule has 1 heterocycles. The number of nitrogens with zero attached hydrogens (tertiary/aromatic N) is 1. The topological polar surface area (TPSA) is 64.6 Å². The van der Waals surface area contributed by atoms with Crippen molar-refractivity contribution in [2.45, 2.75) is 50.0 Å². The molecule has 8 heteroatoms. The van der Waals surface area contributed by atoms with Crippen LogP contribution >= 0.6 is 0 Å². The van der Waals surface area contributed by atoms with Gasteiger partial charge in [0.2, 0.25) is 5.91 Å². The zero-order valence-electron chi connectivity index (χ0n) is 15.6. The van der Waals surface area contributed by atoms with Crippen LogP contribution in [0, 0.1) is 0 Å². The number of aliphatic hydroxyl groups is 1. The highest BCUT2D eigenvalue weighted by atomic mass is 19.4. The number of carbonyl (C=O) groups excluding carboxylic acids is 1. The number of halogens is 3. The molecule has 0 radical (unpaired) electrons. The molecule has 1 aromatic rings. The van der Waals surface area contributed by atoms with Gasteiger partial charge in [0.05, 0.1) is 24.3 Å². The second-order valence-electron chi connectivity index (χ2n) is 7.59. The smallest absolute Gasteiger partial charge is 0.393 e. The van der Waals surface area contributed by atoms with E-state index in [0.29, 0.717) is 11.6 Å². The van der Waals surface area contributed by atoms with Crippen LogP contribution in [-0.4, -0.2) is 53.7 Å². The molecule has 1 aliphatic heterocycles. The second-order valence-corrected chi connectivity index (χ2v) is 7.59. The number of rotatable bonds is 6. The van der Waals surface area contributed by atoms with E-state index < -0.39 is 11.7 Å². The largest absolute Gasteiger partial charge is 0.416 e. The van der Waals surface area contributed by atoms with Gasteiger partial charge in [-0.2, -0.15) is 13.2 Å². The highest BCUT2D eigenvalue weighted by molar-refractivity contribution is 5.80. The first-order chi connectivity index (χ1) is 13.2. The van der Waals surface area contributed by atoms with Gasteiger partial charge >= 0.3 is 6.18 Å². The van der Waals surface area contributed by atoms with Crippen molar-refractivity contribution in [1.82, 2.24) is 15.5 Å². The van der Waals surface area contributed by atoms with Crippen LogP contribution in [0.15, 0.2) is 30.8 Å². The fourth-order valence-corrected chi connectivity index (χ4v) is 3.78. The quantitative estimate of drug-likeness (QED) is 0.690. The molecule has 154 valence electrons. The van der Waals surface area contributed by atoms with Gasteiger partial charge in [-0.15, -0.1) is 0 Å². The average Bonchev–Trinajstić information content (AvgIpc) is 2.63. The fourth-order valence-electron chi connectivity index (χ4n) is 3.78. The molecular formula is C20H26F3N3O2. The second kappa shape index (κ2) is 8.53. The molecule has 1 saturated heterocycles. The van der Waals surface area contributed by atoms with Gasteiger partial charge in [0.1, 0.15) is 0 Å². The van der Waals surface area contributed by atoms with Crippen molar-refractivity contribution in [3.8, 4) is 0 Å². The number of carbonyl (C=O) groups is 1. The molecule has 0 unspecified atom stereocenters. The van der Waals surface area contributed by atoms with Crippen LogP contribution in [0.3, 0.4) is 0 Å².